The summed E-state index contributed by atoms with van der Waals surface area (Å²) in [7, 11) is -0.839. The fraction of sp³-hybridized carbons (Fsp3) is 0.588. The van der Waals surface area contributed by atoms with Crippen LogP contribution in [0.4, 0.5) is 0 Å². The second kappa shape index (κ2) is 9.03. The van der Waals surface area contributed by atoms with Crippen molar-refractivity contribution in [2.45, 2.75) is 30.7 Å². The third-order valence-electron chi connectivity index (χ3n) is 4.30. The number of rotatable bonds is 7. The zero-order chi connectivity index (χ0) is 19.3. The molecule has 0 unspecified atom stereocenters. The molecule has 146 valence electrons. The topological polar surface area (TPSA) is 84.9 Å². The Bertz CT molecular complexity index is 741. The fourth-order valence-electron chi connectivity index (χ4n) is 3.02. The normalized spacial score (nSPS) is 19.8. The molecule has 0 aromatic heterocycles. The van der Waals surface area contributed by atoms with E-state index in [1.807, 2.05) is 6.92 Å². The van der Waals surface area contributed by atoms with E-state index in [-0.39, 0.29) is 29.1 Å². The van der Waals surface area contributed by atoms with Crippen LogP contribution in [0.5, 0.6) is 5.75 Å². The second-order valence-corrected chi connectivity index (χ2v) is 8.71. The monoisotopic (exact) mass is 404 g/mol. The molecule has 26 heavy (non-hydrogen) atoms. The van der Waals surface area contributed by atoms with E-state index in [1.165, 1.54) is 23.5 Å². The molecule has 0 saturated carbocycles. The van der Waals surface area contributed by atoms with Gasteiger partial charge in [0.2, 0.25) is 15.9 Å². The molecule has 1 aromatic rings. The van der Waals surface area contributed by atoms with E-state index < -0.39 is 15.9 Å². The quantitative estimate of drug-likeness (QED) is 0.750. The highest BCUT2D eigenvalue weighted by Crippen LogP contribution is 2.31. The molecule has 1 aliphatic heterocycles. The molecule has 0 radical (unpaired) electrons. The molecule has 2 atom stereocenters. The minimum atomic E-state index is -3.81. The highest BCUT2D eigenvalue weighted by atomic mass is 35.5. The van der Waals surface area contributed by atoms with Crippen LogP contribution in [-0.2, 0) is 19.6 Å². The summed E-state index contributed by atoms with van der Waals surface area (Å²) in [5.41, 5.74) is 0. The van der Waals surface area contributed by atoms with Crippen LogP contribution in [0.3, 0.4) is 0 Å². The molecule has 0 spiro atoms. The zero-order valence-electron chi connectivity index (χ0n) is 15.2. The maximum absolute atomic E-state index is 13.0. The van der Waals surface area contributed by atoms with Gasteiger partial charge >= 0.3 is 0 Å². The van der Waals surface area contributed by atoms with E-state index in [0.29, 0.717) is 31.0 Å². The number of piperidine rings is 1. The Labute approximate surface area is 159 Å². The molecule has 1 saturated heterocycles. The third kappa shape index (κ3) is 4.88. The van der Waals surface area contributed by atoms with Crippen LogP contribution in [0.15, 0.2) is 23.1 Å². The van der Waals surface area contributed by atoms with Crippen molar-refractivity contribution in [3.8, 4) is 5.75 Å². The predicted molar refractivity (Wildman–Crippen MR) is 99.0 cm³/mol. The number of nitrogens with zero attached hydrogens (tertiary/aromatic N) is 1. The largest absolute Gasteiger partial charge is 0.495 e. The third-order valence-corrected chi connectivity index (χ3v) is 6.43. The van der Waals surface area contributed by atoms with Crippen molar-refractivity contribution in [2.75, 3.05) is 33.9 Å². The van der Waals surface area contributed by atoms with Crippen molar-refractivity contribution < 1.29 is 22.7 Å². The van der Waals surface area contributed by atoms with Crippen molar-refractivity contribution in [2.24, 2.45) is 5.92 Å². The van der Waals surface area contributed by atoms with Crippen LogP contribution in [0.2, 0.25) is 5.02 Å². The Morgan fingerprint density at radius 1 is 1.42 bits per heavy atom. The number of ether oxygens (including phenoxy) is 2. The van der Waals surface area contributed by atoms with E-state index in [1.54, 1.807) is 13.2 Å². The molecular weight excluding hydrogens is 380 g/mol. The molecule has 1 fully saturated rings. The standard InChI is InChI=1S/C17H25ClN2O5S/c1-12(11-24-2)19-17(21)13-5-4-8-20(10-13)26(22,23)16-9-14(18)6-7-15(16)25-3/h6-7,9,12-13H,4-5,8,10-11H2,1-3H3,(H,19,21)/t12-,13+/m0/s1. The van der Waals surface area contributed by atoms with Crippen molar-refractivity contribution in [1.29, 1.82) is 0 Å². The maximum Gasteiger partial charge on any atom is 0.246 e. The van der Waals surface area contributed by atoms with E-state index in [0.717, 1.165) is 0 Å². The molecule has 1 amide bonds. The summed E-state index contributed by atoms with van der Waals surface area (Å²) in [6, 6.07) is 4.34. The number of hydrogen-bond acceptors (Lipinski definition) is 5. The van der Waals surface area contributed by atoms with Crippen molar-refractivity contribution in [3.63, 3.8) is 0 Å². The van der Waals surface area contributed by atoms with Gasteiger partial charge < -0.3 is 14.8 Å². The summed E-state index contributed by atoms with van der Waals surface area (Å²) in [5.74, 6) is -0.329. The smallest absolute Gasteiger partial charge is 0.246 e. The lowest BCUT2D eigenvalue weighted by atomic mass is 9.98. The summed E-state index contributed by atoms with van der Waals surface area (Å²) < 4.78 is 37.6. The van der Waals surface area contributed by atoms with Gasteiger partial charge in [0.15, 0.2) is 0 Å². The predicted octanol–water partition coefficient (Wildman–Crippen LogP) is 1.90. The molecule has 1 heterocycles. The highest BCUT2D eigenvalue weighted by molar-refractivity contribution is 7.89. The zero-order valence-corrected chi connectivity index (χ0v) is 16.8. The summed E-state index contributed by atoms with van der Waals surface area (Å²) in [4.78, 5) is 12.5. The van der Waals surface area contributed by atoms with Gasteiger partial charge in [0.25, 0.3) is 0 Å². The number of carbonyl (C=O) groups excluding carboxylic acids is 1. The van der Waals surface area contributed by atoms with Crippen molar-refractivity contribution >= 4 is 27.5 Å². The number of carbonyl (C=O) groups is 1. The Morgan fingerprint density at radius 3 is 2.81 bits per heavy atom. The van der Waals surface area contributed by atoms with Crippen LogP contribution >= 0.6 is 11.6 Å². The van der Waals surface area contributed by atoms with Gasteiger partial charge in [-0.1, -0.05) is 11.6 Å². The number of nitrogens with one attached hydrogen (secondary N) is 1. The first kappa shape index (κ1) is 21.0. The average Bonchev–Trinajstić information content (AvgIpc) is 2.62. The number of sulfonamides is 1. The number of amides is 1. The lowest BCUT2D eigenvalue weighted by Gasteiger charge is -2.32. The molecule has 1 N–H and O–H groups in total. The summed E-state index contributed by atoms with van der Waals surface area (Å²) in [6.07, 6.45) is 1.25. The first-order valence-electron chi connectivity index (χ1n) is 8.42. The molecular formula is C17H25ClN2O5S. The fourth-order valence-corrected chi connectivity index (χ4v) is 4.96. The van der Waals surface area contributed by atoms with E-state index in [4.69, 9.17) is 21.1 Å². The van der Waals surface area contributed by atoms with E-state index in [9.17, 15) is 13.2 Å². The van der Waals surface area contributed by atoms with Gasteiger partial charge in [0, 0.05) is 31.3 Å². The lowest BCUT2D eigenvalue weighted by molar-refractivity contribution is -0.127. The van der Waals surface area contributed by atoms with Crippen molar-refractivity contribution in [3.05, 3.63) is 23.2 Å². The van der Waals surface area contributed by atoms with Crippen LogP contribution in [-0.4, -0.2) is 58.6 Å². The number of hydrogen-bond donors (Lipinski definition) is 1. The molecule has 1 aromatic carbocycles. The Morgan fingerprint density at radius 2 is 2.15 bits per heavy atom. The molecule has 9 heteroatoms. The van der Waals surface area contributed by atoms with E-state index in [2.05, 4.69) is 5.32 Å². The molecule has 0 aliphatic carbocycles. The number of benzene rings is 1. The molecule has 2 rings (SSSR count). The van der Waals surface area contributed by atoms with Gasteiger partial charge in [-0.15, -0.1) is 0 Å². The lowest BCUT2D eigenvalue weighted by Crippen LogP contribution is -2.47. The Hall–Kier alpha value is -1.35. The highest BCUT2D eigenvalue weighted by Gasteiger charge is 2.35. The number of halogens is 1. The number of methoxy groups -OCH3 is 2. The van der Waals surface area contributed by atoms with Gasteiger partial charge in [-0.3, -0.25) is 4.79 Å². The summed E-state index contributed by atoms with van der Waals surface area (Å²) in [6.45, 7) is 2.73. The Kier molecular flexibility index (Phi) is 7.28. The SMILES string of the molecule is COC[C@H](C)NC(=O)[C@@H]1CCCN(S(=O)(=O)c2cc(Cl)ccc2OC)C1. The van der Waals surface area contributed by atoms with Crippen molar-refractivity contribution in [1.82, 2.24) is 9.62 Å². The van der Waals surface area contributed by atoms with Gasteiger partial charge in [-0.05, 0) is 38.0 Å². The van der Waals surface area contributed by atoms with Crippen LogP contribution < -0.4 is 10.1 Å². The second-order valence-electron chi connectivity index (χ2n) is 6.36. The molecule has 0 bridgehead atoms. The summed E-state index contributed by atoms with van der Waals surface area (Å²) >= 11 is 5.97. The average molecular weight is 405 g/mol. The van der Waals surface area contributed by atoms with E-state index >= 15 is 0 Å². The molecule has 1 aliphatic rings. The van der Waals surface area contributed by atoms with Gasteiger partial charge in [-0.25, -0.2) is 8.42 Å². The van der Waals surface area contributed by atoms with Gasteiger partial charge in [-0.2, -0.15) is 4.31 Å². The minimum Gasteiger partial charge on any atom is -0.495 e. The van der Waals surface area contributed by atoms with Crippen LogP contribution in [0, 0.1) is 5.92 Å². The van der Waals surface area contributed by atoms with Gasteiger partial charge in [0.1, 0.15) is 10.6 Å². The van der Waals surface area contributed by atoms with Crippen LogP contribution in [0.1, 0.15) is 19.8 Å². The minimum absolute atomic E-state index is 0.0151. The first-order valence-corrected chi connectivity index (χ1v) is 10.2. The summed E-state index contributed by atoms with van der Waals surface area (Å²) in [5, 5.41) is 3.17. The van der Waals surface area contributed by atoms with Gasteiger partial charge in [0.05, 0.1) is 19.6 Å². The maximum atomic E-state index is 13.0. The Balaban J connectivity index is 2.18. The first-order chi connectivity index (χ1) is 12.3. The molecule has 7 nitrogen and oxygen atoms in total. The van der Waals surface area contributed by atoms with Crippen LogP contribution in [0.25, 0.3) is 0 Å².